The van der Waals surface area contributed by atoms with E-state index in [0.29, 0.717) is 12.5 Å². The van der Waals surface area contributed by atoms with Gasteiger partial charge in [-0.15, -0.1) is 11.3 Å². The Kier molecular flexibility index (Phi) is 3.14. The van der Waals surface area contributed by atoms with Crippen molar-refractivity contribution >= 4 is 17.2 Å². The monoisotopic (exact) mass is 275 g/mol. The van der Waals surface area contributed by atoms with Crippen molar-refractivity contribution in [2.24, 2.45) is 13.0 Å². The van der Waals surface area contributed by atoms with Crippen molar-refractivity contribution in [2.75, 3.05) is 0 Å². The molecular weight excluding hydrogens is 258 g/mol. The van der Waals surface area contributed by atoms with Crippen LogP contribution in [0.5, 0.6) is 0 Å². The van der Waals surface area contributed by atoms with Crippen molar-refractivity contribution < 1.29 is 4.79 Å². The molecule has 1 amide bonds. The van der Waals surface area contributed by atoms with Gasteiger partial charge < -0.3 is 9.88 Å². The lowest BCUT2D eigenvalue weighted by molar-refractivity contribution is -0.122. The number of aromatic nitrogens is 2. The zero-order valence-electron chi connectivity index (χ0n) is 11.1. The van der Waals surface area contributed by atoms with Gasteiger partial charge in [-0.2, -0.15) is 0 Å². The summed E-state index contributed by atoms with van der Waals surface area (Å²) in [6.45, 7) is 2.61. The van der Waals surface area contributed by atoms with E-state index in [9.17, 15) is 4.79 Å². The Balaban J connectivity index is 1.54. The first kappa shape index (κ1) is 12.4. The smallest absolute Gasteiger partial charge is 0.224 e. The number of nitrogens with one attached hydrogen (secondary N) is 1. The highest BCUT2D eigenvalue weighted by atomic mass is 32.1. The van der Waals surface area contributed by atoms with E-state index in [1.54, 1.807) is 17.5 Å². The number of hydrogen-bond acceptors (Lipinski definition) is 3. The Morgan fingerprint density at radius 2 is 2.42 bits per heavy atom. The highest BCUT2D eigenvalue weighted by Gasteiger charge is 2.44. The highest BCUT2D eigenvalue weighted by Crippen LogP contribution is 2.49. The topological polar surface area (TPSA) is 46.9 Å². The first-order chi connectivity index (χ1) is 9.15. The molecule has 0 spiro atoms. The molecule has 0 bridgehead atoms. The summed E-state index contributed by atoms with van der Waals surface area (Å²) in [6, 6.07) is 4.28. The molecule has 0 radical (unpaired) electrons. The van der Waals surface area contributed by atoms with Crippen molar-refractivity contribution in [2.45, 2.75) is 25.8 Å². The summed E-state index contributed by atoms with van der Waals surface area (Å²) in [6.07, 6.45) is 4.61. The largest absolute Gasteiger partial charge is 0.349 e. The molecule has 0 aromatic carbocycles. The molecule has 2 atom stereocenters. The Morgan fingerprint density at radius 1 is 1.58 bits per heavy atom. The molecule has 1 fully saturated rings. The van der Waals surface area contributed by atoms with Crippen LogP contribution in [0.3, 0.4) is 0 Å². The number of carbonyl (C=O) groups excluding carboxylic acids is 1. The van der Waals surface area contributed by atoms with Gasteiger partial charge in [0.2, 0.25) is 5.91 Å². The molecule has 1 aliphatic carbocycles. The first-order valence-corrected chi connectivity index (χ1v) is 7.27. The molecule has 1 aliphatic rings. The summed E-state index contributed by atoms with van der Waals surface area (Å²) in [5.74, 6) is 1.62. The molecule has 2 aromatic heterocycles. The average molecular weight is 275 g/mol. The van der Waals surface area contributed by atoms with E-state index in [0.717, 1.165) is 12.2 Å². The summed E-state index contributed by atoms with van der Waals surface area (Å²) < 4.78 is 1.92. The van der Waals surface area contributed by atoms with Crippen LogP contribution in [0, 0.1) is 12.8 Å². The van der Waals surface area contributed by atoms with Gasteiger partial charge in [0.25, 0.3) is 0 Å². The molecule has 100 valence electrons. The van der Waals surface area contributed by atoms with E-state index >= 15 is 0 Å². The second-order valence-corrected chi connectivity index (χ2v) is 6.39. The molecule has 19 heavy (non-hydrogen) atoms. The minimum absolute atomic E-state index is 0.151. The molecule has 2 aromatic rings. The van der Waals surface area contributed by atoms with E-state index in [-0.39, 0.29) is 11.8 Å². The van der Waals surface area contributed by atoms with E-state index in [4.69, 9.17) is 0 Å². The molecule has 2 heterocycles. The lowest BCUT2D eigenvalue weighted by Gasteiger charge is -2.04. The third-order valence-electron chi connectivity index (χ3n) is 3.60. The van der Waals surface area contributed by atoms with E-state index in [1.807, 2.05) is 17.8 Å². The van der Waals surface area contributed by atoms with Crippen LogP contribution in [-0.2, 0) is 18.4 Å². The number of amides is 1. The zero-order chi connectivity index (χ0) is 13.4. The maximum atomic E-state index is 12.1. The number of carbonyl (C=O) groups is 1. The second-order valence-electron chi connectivity index (χ2n) is 5.07. The van der Waals surface area contributed by atoms with Crippen LogP contribution in [-0.4, -0.2) is 15.5 Å². The maximum absolute atomic E-state index is 12.1. The molecule has 1 N–H and O–H groups in total. The first-order valence-electron chi connectivity index (χ1n) is 6.45. The fourth-order valence-electron chi connectivity index (χ4n) is 2.32. The van der Waals surface area contributed by atoms with Crippen molar-refractivity contribution in [3.05, 3.63) is 40.1 Å². The number of nitrogens with zero attached hydrogens (tertiary/aromatic N) is 2. The number of hydrogen-bond donors (Lipinski definition) is 1. The van der Waals surface area contributed by atoms with Gasteiger partial charge in [0.15, 0.2) is 0 Å². The predicted octanol–water partition coefficient (Wildman–Crippen LogP) is 2.21. The lowest BCUT2D eigenvalue weighted by atomic mass is 10.2. The summed E-state index contributed by atoms with van der Waals surface area (Å²) in [7, 11) is 1.93. The molecule has 3 rings (SSSR count). The van der Waals surface area contributed by atoms with Crippen LogP contribution in [0.1, 0.15) is 27.9 Å². The van der Waals surface area contributed by atoms with Gasteiger partial charge in [0, 0.05) is 41.0 Å². The fraction of sp³-hybridized carbons (Fsp3) is 0.429. The minimum atomic E-state index is 0.151. The fourth-order valence-corrected chi connectivity index (χ4v) is 3.37. The van der Waals surface area contributed by atoms with Crippen molar-refractivity contribution in [1.29, 1.82) is 0 Å². The van der Waals surface area contributed by atoms with Crippen molar-refractivity contribution in [1.82, 2.24) is 14.9 Å². The Hall–Kier alpha value is -1.62. The Labute approximate surface area is 116 Å². The molecule has 2 unspecified atom stereocenters. The minimum Gasteiger partial charge on any atom is -0.349 e. The molecule has 0 saturated heterocycles. The number of rotatable bonds is 4. The lowest BCUT2D eigenvalue weighted by Crippen LogP contribution is -2.26. The summed E-state index contributed by atoms with van der Waals surface area (Å²) in [4.78, 5) is 18.9. The van der Waals surface area contributed by atoms with Crippen LogP contribution < -0.4 is 5.32 Å². The molecule has 5 heteroatoms. The van der Waals surface area contributed by atoms with Crippen LogP contribution >= 0.6 is 11.3 Å². The van der Waals surface area contributed by atoms with E-state index < -0.39 is 0 Å². The van der Waals surface area contributed by atoms with E-state index in [2.05, 4.69) is 29.4 Å². The van der Waals surface area contributed by atoms with Gasteiger partial charge in [-0.05, 0) is 25.5 Å². The second kappa shape index (κ2) is 4.81. The quantitative estimate of drug-likeness (QED) is 0.930. The van der Waals surface area contributed by atoms with Crippen LogP contribution in [0.15, 0.2) is 24.5 Å². The van der Waals surface area contributed by atoms with Crippen LogP contribution in [0.2, 0.25) is 0 Å². The molecule has 1 saturated carbocycles. The highest BCUT2D eigenvalue weighted by molar-refractivity contribution is 7.12. The van der Waals surface area contributed by atoms with Gasteiger partial charge in [0.05, 0.1) is 6.54 Å². The summed E-state index contributed by atoms with van der Waals surface area (Å²) in [5.41, 5.74) is 0. The number of aryl methyl sites for hydroxylation is 2. The third kappa shape index (κ3) is 2.56. The number of imidazole rings is 1. The maximum Gasteiger partial charge on any atom is 0.224 e. The molecule has 0 aliphatic heterocycles. The van der Waals surface area contributed by atoms with Crippen molar-refractivity contribution in [3.63, 3.8) is 0 Å². The number of thiophene rings is 1. The Morgan fingerprint density at radius 3 is 3.05 bits per heavy atom. The van der Waals surface area contributed by atoms with Gasteiger partial charge >= 0.3 is 0 Å². The average Bonchev–Trinajstić information content (AvgIpc) is 2.91. The van der Waals surface area contributed by atoms with Crippen LogP contribution in [0.25, 0.3) is 0 Å². The predicted molar refractivity (Wildman–Crippen MR) is 75.0 cm³/mol. The van der Waals surface area contributed by atoms with Crippen molar-refractivity contribution in [3.8, 4) is 0 Å². The van der Waals surface area contributed by atoms with Crippen LogP contribution in [0.4, 0.5) is 0 Å². The SMILES string of the molecule is Cc1ccc(C2CC2C(=O)NCc2nccn2C)s1. The summed E-state index contributed by atoms with van der Waals surface area (Å²) >= 11 is 1.80. The van der Waals surface area contributed by atoms with Gasteiger partial charge in [-0.1, -0.05) is 0 Å². The standard InChI is InChI=1S/C14H17N3OS/c1-9-3-4-12(19-9)10-7-11(10)14(18)16-8-13-15-5-6-17(13)2/h3-6,10-11H,7-8H2,1-2H3,(H,16,18). The van der Waals surface area contributed by atoms with Gasteiger partial charge in [-0.25, -0.2) is 4.98 Å². The van der Waals surface area contributed by atoms with Gasteiger partial charge in [-0.3, -0.25) is 4.79 Å². The summed E-state index contributed by atoms with van der Waals surface area (Å²) in [5, 5.41) is 2.98. The third-order valence-corrected chi connectivity index (χ3v) is 4.73. The Bertz CT molecular complexity index is 601. The molecule has 4 nitrogen and oxygen atoms in total. The molecular formula is C14H17N3OS. The normalized spacial score (nSPS) is 21.4. The van der Waals surface area contributed by atoms with E-state index in [1.165, 1.54) is 9.75 Å². The van der Waals surface area contributed by atoms with Gasteiger partial charge in [0.1, 0.15) is 5.82 Å². The zero-order valence-corrected chi connectivity index (χ0v) is 11.9.